The third kappa shape index (κ3) is 3.69. The van der Waals surface area contributed by atoms with Crippen LogP contribution in [0.5, 0.6) is 0 Å². The Hall–Kier alpha value is -1.10. The Morgan fingerprint density at radius 3 is 2.79 bits per heavy atom. The number of nitrogens with two attached hydrogens (primary N) is 1. The maximum atomic E-state index is 5.96. The highest BCUT2D eigenvalue weighted by Gasteiger charge is 2.14. The Bertz CT molecular complexity index is 557. The minimum absolute atomic E-state index is 0.194. The Balaban J connectivity index is 2.09. The summed E-state index contributed by atoms with van der Waals surface area (Å²) in [5.41, 5.74) is 6.90. The second-order valence-electron chi connectivity index (χ2n) is 4.37. The highest BCUT2D eigenvalue weighted by Crippen LogP contribution is 2.23. The molecule has 1 aromatic carbocycles. The van der Waals surface area contributed by atoms with E-state index in [1.165, 1.54) is 0 Å². The second kappa shape index (κ2) is 6.37. The van der Waals surface area contributed by atoms with Gasteiger partial charge in [-0.2, -0.15) is 4.98 Å². The monoisotopic (exact) mass is 299 g/mol. The quantitative estimate of drug-likeness (QED) is 0.913. The number of hydrogen-bond donors (Lipinski definition) is 1. The van der Waals surface area contributed by atoms with Crippen LogP contribution in [0.15, 0.2) is 22.7 Å². The van der Waals surface area contributed by atoms with Crippen molar-refractivity contribution in [3.8, 4) is 0 Å². The fourth-order valence-corrected chi connectivity index (χ4v) is 2.08. The van der Waals surface area contributed by atoms with Crippen LogP contribution >= 0.6 is 23.2 Å². The molecule has 102 valence electrons. The van der Waals surface area contributed by atoms with Crippen LogP contribution in [0.25, 0.3) is 0 Å². The van der Waals surface area contributed by atoms with Crippen LogP contribution in [0, 0.1) is 0 Å². The van der Waals surface area contributed by atoms with E-state index in [1.807, 2.05) is 6.07 Å². The number of benzene rings is 1. The third-order valence-corrected chi connectivity index (χ3v) is 3.49. The molecule has 1 aromatic heterocycles. The first-order valence-electron chi connectivity index (χ1n) is 6.12. The topological polar surface area (TPSA) is 64.9 Å². The van der Waals surface area contributed by atoms with Gasteiger partial charge in [0.25, 0.3) is 0 Å². The largest absolute Gasteiger partial charge is 0.338 e. The van der Waals surface area contributed by atoms with Gasteiger partial charge < -0.3 is 10.3 Å². The highest BCUT2D eigenvalue weighted by molar-refractivity contribution is 6.42. The lowest BCUT2D eigenvalue weighted by molar-refractivity contribution is 0.345. The summed E-state index contributed by atoms with van der Waals surface area (Å²) in [6.07, 6.45) is 2.35. The Labute approximate surface area is 121 Å². The van der Waals surface area contributed by atoms with Gasteiger partial charge in [0.1, 0.15) is 0 Å². The van der Waals surface area contributed by atoms with Gasteiger partial charge in [-0.05, 0) is 24.1 Å². The van der Waals surface area contributed by atoms with Crippen molar-refractivity contribution in [1.82, 2.24) is 10.1 Å². The molecule has 2 aromatic rings. The predicted molar refractivity (Wildman–Crippen MR) is 75.4 cm³/mol. The zero-order valence-corrected chi connectivity index (χ0v) is 12.1. The Morgan fingerprint density at radius 2 is 2.11 bits per heavy atom. The number of halogens is 2. The van der Waals surface area contributed by atoms with E-state index >= 15 is 0 Å². The van der Waals surface area contributed by atoms with Gasteiger partial charge in [0, 0.05) is 6.42 Å². The van der Waals surface area contributed by atoms with E-state index in [2.05, 4.69) is 17.1 Å². The minimum Gasteiger partial charge on any atom is -0.338 e. The van der Waals surface area contributed by atoms with E-state index in [9.17, 15) is 0 Å². The summed E-state index contributed by atoms with van der Waals surface area (Å²) in [4.78, 5) is 4.30. The van der Waals surface area contributed by atoms with Crippen LogP contribution in [-0.2, 0) is 6.42 Å². The molecular weight excluding hydrogens is 285 g/mol. The van der Waals surface area contributed by atoms with Gasteiger partial charge in [0.05, 0.1) is 16.1 Å². The van der Waals surface area contributed by atoms with Crippen molar-refractivity contribution in [2.75, 3.05) is 0 Å². The first kappa shape index (κ1) is 14.3. The van der Waals surface area contributed by atoms with Crippen LogP contribution in [0.4, 0.5) is 0 Å². The number of hydrogen-bond acceptors (Lipinski definition) is 4. The molecule has 0 amide bonds. The molecule has 0 spiro atoms. The lowest BCUT2D eigenvalue weighted by atomic mass is 10.1. The predicted octanol–water partition coefficient (Wildman–Crippen LogP) is 3.77. The molecule has 0 saturated heterocycles. The number of nitrogens with zero attached hydrogens (tertiary/aromatic N) is 2. The maximum absolute atomic E-state index is 5.96. The van der Waals surface area contributed by atoms with Crippen LogP contribution in [0.3, 0.4) is 0 Å². The van der Waals surface area contributed by atoms with Gasteiger partial charge in [-0.3, -0.25) is 0 Å². The van der Waals surface area contributed by atoms with Gasteiger partial charge in [-0.1, -0.05) is 47.8 Å². The first-order valence-corrected chi connectivity index (χ1v) is 6.87. The van der Waals surface area contributed by atoms with Crippen molar-refractivity contribution in [2.24, 2.45) is 5.73 Å². The molecule has 0 fully saturated rings. The lowest BCUT2D eigenvalue weighted by Crippen LogP contribution is -2.10. The van der Waals surface area contributed by atoms with Gasteiger partial charge in [-0.15, -0.1) is 0 Å². The molecule has 0 saturated carbocycles. The first-order chi connectivity index (χ1) is 9.10. The lowest BCUT2D eigenvalue weighted by Gasteiger charge is -2.02. The average molecular weight is 300 g/mol. The SMILES string of the molecule is CCCC(N)c1nc(Cc2ccc(Cl)c(Cl)c2)no1. The van der Waals surface area contributed by atoms with Crippen LogP contribution in [-0.4, -0.2) is 10.1 Å². The molecule has 0 bridgehead atoms. The van der Waals surface area contributed by atoms with E-state index in [0.29, 0.717) is 28.2 Å². The summed E-state index contributed by atoms with van der Waals surface area (Å²) in [6, 6.07) is 5.24. The summed E-state index contributed by atoms with van der Waals surface area (Å²) in [5, 5.41) is 4.98. The molecule has 0 aliphatic rings. The summed E-state index contributed by atoms with van der Waals surface area (Å²) >= 11 is 11.8. The minimum atomic E-state index is -0.194. The van der Waals surface area contributed by atoms with Crippen molar-refractivity contribution in [3.63, 3.8) is 0 Å². The highest BCUT2D eigenvalue weighted by atomic mass is 35.5. The van der Waals surface area contributed by atoms with Crippen molar-refractivity contribution >= 4 is 23.2 Å². The van der Waals surface area contributed by atoms with Crippen molar-refractivity contribution in [3.05, 3.63) is 45.5 Å². The smallest absolute Gasteiger partial charge is 0.243 e. The second-order valence-corrected chi connectivity index (χ2v) is 5.18. The molecule has 0 aliphatic heterocycles. The van der Waals surface area contributed by atoms with Crippen molar-refractivity contribution in [1.29, 1.82) is 0 Å². The summed E-state index contributed by atoms with van der Waals surface area (Å²) in [6.45, 7) is 2.06. The molecule has 1 unspecified atom stereocenters. The van der Waals surface area contributed by atoms with Crippen molar-refractivity contribution in [2.45, 2.75) is 32.2 Å². The van der Waals surface area contributed by atoms with Crippen LogP contribution in [0.2, 0.25) is 10.0 Å². The molecule has 0 aliphatic carbocycles. The van der Waals surface area contributed by atoms with Crippen molar-refractivity contribution < 1.29 is 4.52 Å². The van der Waals surface area contributed by atoms with Crippen LogP contribution in [0.1, 0.15) is 43.1 Å². The molecule has 19 heavy (non-hydrogen) atoms. The fraction of sp³-hybridized carbons (Fsp3) is 0.385. The maximum Gasteiger partial charge on any atom is 0.243 e. The van der Waals surface area contributed by atoms with Crippen LogP contribution < -0.4 is 5.73 Å². The van der Waals surface area contributed by atoms with Gasteiger partial charge in [0.2, 0.25) is 5.89 Å². The summed E-state index contributed by atoms with van der Waals surface area (Å²) in [5.74, 6) is 1.08. The molecule has 4 nitrogen and oxygen atoms in total. The standard InChI is InChI=1S/C13H15Cl2N3O/c1-2-3-11(16)13-17-12(18-19-13)7-8-4-5-9(14)10(15)6-8/h4-6,11H,2-3,7,16H2,1H3. The molecule has 2 rings (SSSR count). The van der Waals surface area contributed by atoms with E-state index in [1.54, 1.807) is 12.1 Å². The fourth-order valence-electron chi connectivity index (χ4n) is 1.76. The van der Waals surface area contributed by atoms with E-state index in [4.69, 9.17) is 33.5 Å². The molecule has 1 heterocycles. The third-order valence-electron chi connectivity index (χ3n) is 2.75. The molecular formula is C13H15Cl2N3O. The summed E-state index contributed by atoms with van der Waals surface area (Å²) < 4.78 is 5.16. The normalized spacial score (nSPS) is 12.6. The van der Waals surface area contributed by atoms with Gasteiger partial charge in [0.15, 0.2) is 5.82 Å². The number of aromatic nitrogens is 2. The Kier molecular flexibility index (Phi) is 4.80. The van der Waals surface area contributed by atoms with Gasteiger partial charge >= 0.3 is 0 Å². The molecule has 2 N–H and O–H groups in total. The Morgan fingerprint density at radius 1 is 1.32 bits per heavy atom. The average Bonchev–Trinajstić information content (AvgIpc) is 2.83. The number of rotatable bonds is 5. The van der Waals surface area contributed by atoms with E-state index in [0.717, 1.165) is 18.4 Å². The van der Waals surface area contributed by atoms with Gasteiger partial charge in [-0.25, -0.2) is 0 Å². The molecule has 1 atom stereocenters. The molecule has 0 radical (unpaired) electrons. The zero-order chi connectivity index (χ0) is 13.8. The summed E-state index contributed by atoms with van der Waals surface area (Å²) in [7, 11) is 0. The van der Waals surface area contributed by atoms with E-state index in [-0.39, 0.29) is 6.04 Å². The molecule has 6 heteroatoms. The zero-order valence-electron chi connectivity index (χ0n) is 10.6. The van der Waals surface area contributed by atoms with E-state index < -0.39 is 0 Å².